The second-order valence-corrected chi connectivity index (χ2v) is 10.6. The van der Waals surface area contributed by atoms with Gasteiger partial charge in [0, 0.05) is 19.2 Å². The Morgan fingerprint density at radius 3 is 2.34 bits per heavy atom. The van der Waals surface area contributed by atoms with Crippen molar-refractivity contribution in [3.05, 3.63) is 77.9 Å². The third-order valence-corrected chi connectivity index (χ3v) is 7.99. The van der Waals surface area contributed by atoms with Crippen LogP contribution < -0.4 is 24.3 Å². The Balaban J connectivity index is 1.45. The van der Waals surface area contributed by atoms with E-state index in [-0.39, 0.29) is 23.9 Å². The van der Waals surface area contributed by atoms with Gasteiger partial charge in [-0.2, -0.15) is 4.31 Å². The van der Waals surface area contributed by atoms with Gasteiger partial charge in [-0.25, -0.2) is 8.42 Å². The van der Waals surface area contributed by atoms with Crippen molar-refractivity contribution in [2.24, 2.45) is 0 Å². The number of benzene rings is 3. The third-order valence-electron chi connectivity index (χ3n) is 6.15. The predicted molar refractivity (Wildman–Crippen MR) is 143 cm³/mol. The van der Waals surface area contributed by atoms with Crippen LogP contribution in [0.15, 0.2) is 71.6 Å². The lowest BCUT2D eigenvalue weighted by molar-refractivity contribution is -0.121. The normalized spacial score (nSPS) is 12.7. The monoisotopic (exact) mass is 540 g/mol. The first-order chi connectivity index (χ1) is 18.4. The van der Waals surface area contributed by atoms with Gasteiger partial charge >= 0.3 is 0 Å². The van der Waals surface area contributed by atoms with Crippen molar-refractivity contribution in [1.82, 2.24) is 9.62 Å². The van der Waals surface area contributed by atoms with E-state index in [1.807, 2.05) is 42.5 Å². The van der Waals surface area contributed by atoms with Crippen LogP contribution >= 0.6 is 0 Å². The number of methoxy groups -OCH3 is 2. The zero-order valence-corrected chi connectivity index (χ0v) is 22.3. The molecule has 4 rings (SSSR count). The molecule has 1 amide bonds. The molecule has 38 heavy (non-hydrogen) atoms. The van der Waals surface area contributed by atoms with Crippen LogP contribution in [0.4, 0.5) is 0 Å². The molecule has 0 saturated heterocycles. The number of carbonyl (C=O) groups is 1. The molecule has 0 fully saturated rings. The largest absolute Gasteiger partial charge is 0.493 e. The number of nitrogens with one attached hydrogen (secondary N) is 1. The molecule has 1 N–H and O–H groups in total. The zero-order valence-electron chi connectivity index (χ0n) is 21.5. The van der Waals surface area contributed by atoms with Crippen molar-refractivity contribution in [3.8, 4) is 23.0 Å². The van der Waals surface area contributed by atoms with E-state index in [4.69, 9.17) is 18.9 Å². The number of carbonyl (C=O) groups excluding carboxylic acids is 1. The molecular weight excluding hydrogens is 508 g/mol. The van der Waals surface area contributed by atoms with E-state index in [2.05, 4.69) is 5.32 Å². The lowest BCUT2D eigenvalue weighted by atomic mass is 10.1. The average Bonchev–Trinajstić information content (AvgIpc) is 2.95. The van der Waals surface area contributed by atoms with E-state index in [1.54, 1.807) is 26.4 Å². The highest BCUT2D eigenvalue weighted by Crippen LogP contribution is 2.33. The number of sulfonamides is 1. The summed E-state index contributed by atoms with van der Waals surface area (Å²) in [5.74, 6) is 1.71. The van der Waals surface area contributed by atoms with Gasteiger partial charge in [-0.15, -0.1) is 0 Å². The lowest BCUT2D eigenvalue weighted by Crippen LogP contribution is -2.42. The van der Waals surface area contributed by atoms with Crippen molar-refractivity contribution in [2.45, 2.75) is 17.7 Å². The van der Waals surface area contributed by atoms with Gasteiger partial charge in [0.25, 0.3) is 0 Å². The maximum Gasteiger partial charge on any atom is 0.243 e. The zero-order chi connectivity index (χ0) is 27.0. The van der Waals surface area contributed by atoms with Crippen molar-refractivity contribution in [3.63, 3.8) is 0 Å². The Labute approximate surface area is 223 Å². The van der Waals surface area contributed by atoms with Gasteiger partial charge in [-0.3, -0.25) is 4.79 Å². The number of amides is 1. The molecule has 9 nitrogen and oxygen atoms in total. The number of hydrogen-bond donors (Lipinski definition) is 1. The molecule has 1 heterocycles. The molecule has 1 aliphatic rings. The van der Waals surface area contributed by atoms with Crippen LogP contribution in [0.5, 0.6) is 23.0 Å². The highest BCUT2D eigenvalue weighted by Gasteiger charge is 2.28. The summed E-state index contributed by atoms with van der Waals surface area (Å²) in [5.41, 5.74) is 1.93. The molecule has 0 unspecified atom stereocenters. The summed E-state index contributed by atoms with van der Waals surface area (Å²) < 4.78 is 50.1. The van der Waals surface area contributed by atoms with E-state index in [0.717, 1.165) is 11.1 Å². The molecule has 3 aromatic carbocycles. The molecule has 1 aliphatic heterocycles. The van der Waals surface area contributed by atoms with Gasteiger partial charge in [0.15, 0.2) is 23.0 Å². The summed E-state index contributed by atoms with van der Waals surface area (Å²) in [6.45, 7) is 0.923. The van der Waals surface area contributed by atoms with Crippen LogP contribution in [-0.2, 0) is 27.7 Å². The first-order valence-corrected chi connectivity index (χ1v) is 13.8. The van der Waals surface area contributed by atoms with Crippen LogP contribution in [0.2, 0.25) is 0 Å². The molecule has 0 radical (unpaired) electrons. The van der Waals surface area contributed by atoms with E-state index in [9.17, 15) is 13.2 Å². The lowest BCUT2D eigenvalue weighted by Gasteiger charge is -2.24. The maximum absolute atomic E-state index is 13.6. The quantitative estimate of drug-likeness (QED) is 0.377. The summed E-state index contributed by atoms with van der Waals surface area (Å²) in [5, 5.41) is 2.84. The van der Waals surface area contributed by atoms with Crippen LogP contribution in [0, 0.1) is 0 Å². The molecule has 0 spiro atoms. The standard InChI is InChI=1S/C28H32N2O7S/c1-34-24-10-8-22(18-26(24)35-2)12-14-29-28(31)20-30(15-13-21-6-4-3-5-7-21)38(32,33)23-9-11-25-27(19-23)37-17-16-36-25/h3-11,18-19H,12-17,20H2,1-2H3,(H,29,31). The first-order valence-electron chi connectivity index (χ1n) is 12.3. The van der Waals surface area contributed by atoms with Gasteiger partial charge in [-0.05, 0) is 48.2 Å². The minimum Gasteiger partial charge on any atom is -0.493 e. The molecule has 0 aromatic heterocycles. The van der Waals surface area contributed by atoms with Gasteiger partial charge in [0.1, 0.15) is 13.2 Å². The Bertz CT molecular complexity index is 1350. The fourth-order valence-electron chi connectivity index (χ4n) is 4.11. The number of ether oxygens (including phenoxy) is 4. The highest BCUT2D eigenvalue weighted by molar-refractivity contribution is 7.89. The van der Waals surface area contributed by atoms with Crippen LogP contribution in [0.25, 0.3) is 0 Å². The second-order valence-electron chi connectivity index (χ2n) is 8.67. The van der Waals surface area contributed by atoms with Gasteiger partial charge in [0.05, 0.1) is 25.7 Å². The number of nitrogens with zero attached hydrogens (tertiary/aromatic N) is 1. The van der Waals surface area contributed by atoms with E-state index < -0.39 is 10.0 Å². The topological polar surface area (TPSA) is 103 Å². The van der Waals surface area contributed by atoms with Gasteiger partial charge < -0.3 is 24.3 Å². The summed E-state index contributed by atoms with van der Waals surface area (Å²) in [6, 6.07) is 19.6. The van der Waals surface area contributed by atoms with Crippen LogP contribution in [0.1, 0.15) is 11.1 Å². The van der Waals surface area contributed by atoms with Crippen LogP contribution in [0.3, 0.4) is 0 Å². The molecule has 10 heteroatoms. The predicted octanol–water partition coefficient (Wildman–Crippen LogP) is 3.07. The Morgan fingerprint density at radius 2 is 1.61 bits per heavy atom. The summed E-state index contributed by atoms with van der Waals surface area (Å²) in [6.07, 6.45) is 1.01. The average molecular weight is 541 g/mol. The summed E-state index contributed by atoms with van der Waals surface area (Å²) in [7, 11) is -0.852. The van der Waals surface area contributed by atoms with E-state index in [1.165, 1.54) is 16.4 Å². The number of fused-ring (bicyclic) bond motifs is 1. The van der Waals surface area contributed by atoms with Crippen molar-refractivity contribution in [2.75, 3.05) is 47.1 Å². The van der Waals surface area contributed by atoms with Crippen molar-refractivity contribution < 1.29 is 32.2 Å². The van der Waals surface area contributed by atoms with Gasteiger partial charge in [0.2, 0.25) is 15.9 Å². The van der Waals surface area contributed by atoms with E-state index >= 15 is 0 Å². The molecule has 0 atom stereocenters. The molecule has 0 aliphatic carbocycles. The third kappa shape index (κ3) is 6.76. The summed E-state index contributed by atoms with van der Waals surface area (Å²) in [4.78, 5) is 12.9. The minimum absolute atomic E-state index is 0.0490. The maximum atomic E-state index is 13.6. The molecule has 202 valence electrons. The Morgan fingerprint density at radius 1 is 0.868 bits per heavy atom. The van der Waals surface area contributed by atoms with Crippen molar-refractivity contribution in [1.29, 1.82) is 0 Å². The van der Waals surface area contributed by atoms with Gasteiger partial charge in [-0.1, -0.05) is 36.4 Å². The molecular formula is C28H32N2O7S. The molecule has 0 bridgehead atoms. The Hall–Kier alpha value is -3.76. The second kappa shape index (κ2) is 12.7. The SMILES string of the molecule is COc1ccc(CCNC(=O)CN(CCc2ccccc2)S(=O)(=O)c2ccc3c(c2)OCCO3)cc1OC. The smallest absolute Gasteiger partial charge is 0.243 e. The molecule has 3 aromatic rings. The molecule has 0 saturated carbocycles. The van der Waals surface area contributed by atoms with Crippen molar-refractivity contribution >= 4 is 15.9 Å². The Kier molecular flexibility index (Phi) is 9.09. The first kappa shape index (κ1) is 27.3. The fourth-order valence-corrected chi connectivity index (χ4v) is 5.53. The van der Waals surface area contributed by atoms with Crippen LogP contribution in [-0.4, -0.2) is 65.7 Å². The highest BCUT2D eigenvalue weighted by atomic mass is 32.2. The van der Waals surface area contributed by atoms with E-state index in [0.29, 0.717) is 55.6 Å². The fraction of sp³-hybridized carbons (Fsp3) is 0.321. The minimum atomic E-state index is -3.99. The summed E-state index contributed by atoms with van der Waals surface area (Å²) >= 11 is 0. The number of hydrogen-bond acceptors (Lipinski definition) is 7. The number of rotatable bonds is 12.